The highest BCUT2D eigenvalue weighted by molar-refractivity contribution is 5.63. The molecular formula is C18H24N2O. The third kappa shape index (κ3) is 3.86. The molecule has 3 heteroatoms. The molecule has 1 heterocycles. The van der Waals surface area contributed by atoms with E-state index in [0.717, 1.165) is 24.1 Å². The number of nitriles is 1. The fourth-order valence-corrected chi connectivity index (χ4v) is 3.32. The summed E-state index contributed by atoms with van der Waals surface area (Å²) in [6.07, 6.45) is 3.60. The van der Waals surface area contributed by atoms with Crippen LogP contribution in [0.5, 0.6) is 0 Å². The highest BCUT2D eigenvalue weighted by Gasteiger charge is 2.39. The van der Waals surface area contributed by atoms with Gasteiger partial charge in [-0.25, -0.2) is 0 Å². The number of hydrogen-bond donors (Lipinski definition) is 1. The molecule has 0 atom stereocenters. The van der Waals surface area contributed by atoms with Crippen molar-refractivity contribution in [2.75, 3.05) is 5.32 Å². The van der Waals surface area contributed by atoms with E-state index >= 15 is 0 Å². The second-order valence-corrected chi connectivity index (χ2v) is 6.99. The van der Waals surface area contributed by atoms with Crippen LogP contribution in [0.25, 0.3) is 6.08 Å². The van der Waals surface area contributed by atoms with Gasteiger partial charge in [-0.05, 0) is 58.2 Å². The molecule has 1 fully saturated rings. The first-order valence-corrected chi connectivity index (χ1v) is 7.38. The van der Waals surface area contributed by atoms with Crippen molar-refractivity contribution >= 4 is 11.8 Å². The van der Waals surface area contributed by atoms with Crippen LogP contribution in [0, 0.1) is 11.3 Å². The molecular weight excluding hydrogens is 260 g/mol. The highest BCUT2D eigenvalue weighted by Crippen LogP contribution is 2.36. The van der Waals surface area contributed by atoms with E-state index in [1.807, 2.05) is 18.2 Å². The Kier molecular flexibility index (Phi) is 4.11. The molecule has 0 aliphatic carbocycles. The van der Waals surface area contributed by atoms with Gasteiger partial charge < -0.3 is 10.1 Å². The summed E-state index contributed by atoms with van der Waals surface area (Å²) >= 11 is 0. The summed E-state index contributed by atoms with van der Waals surface area (Å²) in [5.41, 5.74) is 2.20. The maximum atomic E-state index is 9.32. The molecule has 0 unspecified atom stereocenters. The Bertz CT molecular complexity index is 565. The van der Waals surface area contributed by atoms with Crippen molar-refractivity contribution in [3.63, 3.8) is 0 Å². The number of hydrogen-bond acceptors (Lipinski definition) is 3. The first-order valence-electron chi connectivity index (χ1n) is 7.38. The van der Waals surface area contributed by atoms with Crippen LogP contribution in [0.1, 0.15) is 51.7 Å². The lowest BCUT2D eigenvalue weighted by molar-refractivity contribution is -0.158. The Hall–Kier alpha value is -1.79. The van der Waals surface area contributed by atoms with Crippen LogP contribution < -0.4 is 5.32 Å². The van der Waals surface area contributed by atoms with Crippen molar-refractivity contribution in [2.24, 2.45) is 0 Å². The number of ether oxygens (including phenoxy) is 1. The minimum Gasteiger partial charge on any atom is -0.381 e. The summed E-state index contributed by atoms with van der Waals surface area (Å²) in [6, 6.07) is 8.36. The molecule has 21 heavy (non-hydrogen) atoms. The Morgan fingerprint density at radius 1 is 1.29 bits per heavy atom. The van der Waals surface area contributed by atoms with Gasteiger partial charge in [0, 0.05) is 6.04 Å². The first-order chi connectivity index (χ1) is 9.74. The molecule has 1 N–H and O–H groups in total. The lowest BCUT2D eigenvalue weighted by Crippen LogP contribution is -2.49. The van der Waals surface area contributed by atoms with Crippen LogP contribution in [0.4, 0.5) is 5.69 Å². The van der Waals surface area contributed by atoms with Crippen LogP contribution in [-0.4, -0.2) is 17.2 Å². The summed E-state index contributed by atoms with van der Waals surface area (Å²) in [6.45, 7) is 12.2. The van der Waals surface area contributed by atoms with Crippen LogP contribution in [0.2, 0.25) is 0 Å². The number of anilines is 1. The second kappa shape index (κ2) is 5.54. The van der Waals surface area contributed by atoms with E-state index in [1.165, 1.54) is 0 Å². The van der Waals surface area contributed by atoms with Crippen molar-refractivity contribution < 1.29 is 4.74 Å². The van der Waals surface area contributed by atoms with E-state index in [0.29, 0.717) is 11.6 Å². The van der Waals surface area contributed by atoms with Crippen LogP contribution in [-0.2, 0) is 4.74 Å². The zero-order chi connectivity index (χ0) is 15.7. The third-order valence-corrected chi connectivity index (χ3v) is 3.79. The normalized spacial score (nSPS) is 20.5. The Labute approximate surface area is 127 Å². The van der Waals surface area contributed by atoms with Gasteiger partial charge in [0.2, 0.25) is 0 Å². The number of nitrogens with zero attached hydrogens (tertiary/aromatic N) is 1. The molecule has 0 aromatic heterocycles. The van der Waals surface area contributed by atoms with Gasteiger partial charge in [-0.3, -0.25) is 0 Å². The molecule has 0 amide bonds. The lowest BCUT2D eigenvalue weighted by atomic mass is 9.85. The van der Waals surface area contributed by atoms with Gasteiger partial charge in [-0.2, -0.15) is 5.26 Å². The zero-order valence-corrected chi connectivity index (χ0v) is 13.4. The monoisotopic (exact) mass is 284 g/mol. The topological polar surface area (TPSA) is 45.0 Å². The Morgan fingerprint density at radius 3 is 2.43 bits per heavy atom. The summed E-state index contributed by atoms with van der Waals surface area (Å²) < 4.78 is 6.10. The zero-order valence-electron chi connectivity index (χ0n) is 13.4. The molecule has 112 valence electrons. The molecule has 0 saturated carbocycles. The van der Waals surface area contributed by atoms with E-state index in [1.54, 1.807) is 6.08 Å². The Balaban J connectivity index is 2.22. The molecule has 0 radical (unpaired) electrons. The summed E-state index contributed by atoms with van der Waals surface area (Å²) in [7, 11) is 0. The predicted molar refractivity (Wildman–Crippen MR) is 87.1 cm³/mol. The van der Waals surface area contributed by atoms with E-state index in [2.05, 4.69) is 45.7 Å². The van der Waals surface area contributed by atoms with E-state index in [4.69, 9.17) is 4.74 Å². The van der Waals surface area contributed by atoms with E-state index < -0.39 is 0 Å². The quantitative estimate of drug-likeness (QED) is 0.897. The van der Waals surface area contributed by atoms with Crippen molar-refractivity contribution in [3.8, 4) is 6.07 Å². The first kappa shape index (κ1) is 15.6. The number of rotatable bonds is 3. The van der Waals surface area contributed by atoms with Gasteiger partial charge >= 0.3 is 0 Å². The second-order valence-electron chi connectivity index (χ2n) is 6.99. The molecule has 0 spiro atoms. The van der Waals surface area contributed by atoms with Gasteiger partial charge in [0.1, 0.15) is 6.07 Å². The van der Waals surface area contributed by atoms with E-state index in [9.17, 15) is 5.26 Å². The largest absolute Gasteiger partial charge is 0.381 e. The summed E-state index contributed by atoms with van der Waals surface area (Å²) in [5.74, 6) is 0. The van der Waals surface area contributed by atoms with Crippen molar-refractivity contribution in [1.82, 2.24) is 0 Å². The molecule has 3 nitrogen and oxygen atoms in total. The van der Waals surface area contributed by atoms with Crippen molar-refractivity contribution in [3.05, 3.63) is 35.9 Å². The van der Waals surface area contributed by atoms with Crippen LogP contribution >= 0.6 is 0 Å². The number of benzene rings is 1. The lowest BCUT2D eigenvalue weighted by Gasteiger charge is -2.45. The maximum Gasteiger partial charge on any atom is 0.101 e. The average Bonchev–Trinajstić information content (AvgIpc) is 2.35. The fourth-order valence-electron chi connectivity index (χ4n) is 3.32. The van der Waals surface area contributed by atoms with Crippen LogP contribution in [0.3, 0.4) is 0 Å². The third-order valence-electron chi connectivity index (χ3n) is 3.79. The van der Waals surface area contributed by atoms with E-state index in [-0.39, 0.29) is 11.2 Å². The average molecular weight is 284 g/mol. The molecule has 1 aliphatic heterocycles. The van der Waals surface area contributed by atoms with Crippen molar-refractivity contribution in [1.29, 1.82) is 5.26 Å². The molecule has 1 aliphatic rings. The number of nitrogens with one attached hydrogen (secondary N) is 1. The maximum absolute atomic E-state index is 9.32. The van der Waals surface area contributed by atoms with Gasteiger partial charge in [0.25, 0.3) is 0 Å². The smallest absolute Gasteiger partial charge is 0.101 e. The Morgan fingerprint density at radius 2 is 1.90 bits per heavy atom. The minimum absolute atomic E-state index is 0.159. The molecule has 1 saturated heterocycles. The summed E-state index contributed by atoms with van der Waals surface area (Å²) in [5, 5.41) is 12.9. The summed E-state index contributed by atoms with van der Waals surface area (Å²) in [4.78, 5) is 0. The highest BCUT2D eigenvalue weighted by atomic mass is 16.5. The van der Waals surface area contributed by atoms with Crippen LogP contribution in [0.15, 0.2) is 24.8 Å². The van der Waals surface area contributed by atoms with Gasteiger partial charge in [0.05, 0.1) is 22.5 Å². The molecule has 1 aromatic carbocycles. The molecule has 1 aromatic rings. The van der Waals surface area contributed by atoms with Gasteiger partial charge in [-0.1, -0.05) is 18.7 Å². The van der Waals surface area contributed by atoms with Gasteiger partial charge in [-0.15, -0.1) is 0 Å². The standard InChI is InChI=1S/C18H24N2O/c1-6-13-7-8-16(14(9-13)12-19)20-15-10-17(2,3)21-18(4,5)11-15/h6-9,15,20H,1,10-11H2,2-5H3. The molecule has 0 bridgehead atoms. The predicted octanol–water partition coefficient (Wildman–Crippen LogP) is 4.35. The van der Waals surface area contributed by atoms with Crippen molar-refractivity contribution in [2.45, 2.75) is 57.8 Å². The minimum atomic E-state index is -0.159. The SMILES string of the molecule is C=Cc1ccc(NC2CC(C)(C)OC(C)(C)C2)c(C#N)c1. The molecule has 2 rings (SSSR count). The van der Waals surface area contributed by atoms with Gasteiger partial charge in [0.15, 0.2) is 0 Å². The fraction of sp³-hybridized carbons (Fsp3) is 0.500.